The minimum Gasteiger partial charge on any atom is -0.398 e. The lowest BCUT2D eigenvalue weighted by Gasteiger charge is -2.27. The molecule has 0 saturated heterocycles. The summed E-state index contributed by atoms with van der Waals surface area (Å²) < 4.78 is 26.9. The van der Waals surface area contributed by atoms with Crippen molar-refractivity contribution in [2.45, 2.75) is 37.5 Å². The molecule has 0 unspecified atom stereocenters. The molecule has 0 heterocycles. The molecular formula is C15H22N2O2S. The van der Waals surface area contributed by atoms with Crippen LogP contribution in [0.25, 0.3) is 0 Å². The number of rotatable bonds is 6. The first-order valence-corrected chi connectivity index (χ1v) is 8.59. The van der Waals surface area contributed by atoms with Crippen LogP contribution in [-0.4, -0.2) is 25.3 Å². The number of nitrogens with two attached hydrogens (primary N) is 1. The molecule has 1 saturated carbocycles. The number of hydrogen-bond donors (Lipinski definition) is 1. The molecule has 110 valence electrons. The average molecular weight is 294 g/mol. The van der Waals surface area contributed by atoms with Gasteiger partial charge < -0.3 is 5.73 Å². The smallest absolute Gasteiger partial charge is 0.218 e. The van der Waals surface area contributed by atoms with Crippen molar-refractivity contribution in [2.75, 3.05) is 12.3 Å². The lowest BCUT2D eigenvalue weighted by molar-refractivity contribution is 0.347. The zero-order chi connectivity index (χ0) is 14.6. The Labute approximate surface area is 121 Å². The van der Waals surface area contributed by atoms with E-state index in [1.807, 2.05) is 12.1 Å². The fraction of sp³-hybridized carbons (Fsp3) is 0.467. The van der Waals surface area contributed by atoms with Gasteiger partial charge in [-0.25, -0.2) is 8.42 Å². The van der Waals surface area contributed by atoms with Gasteiger partial charge in [0, 0.05) is 18.3 Å². The average Bonchev–Trinajstić information content (AvgIpc) is 2.92. The third kappa shape index (κ3) is 3.41. The van der Waals surface area contributed by atoms with E-state index in [4.69, 9.17) is 5.73 Å². The van der Waals surface area contributed by atoms with E-state index in [2.05, 4.69) is 6.58 Å². The van der Waals surface area contributed by atoms with Crippen molar-refractivity contribution < 1.29 is 8.42 Å². The molecule has 1 aliphatic rings. The molecule has 0 aromatic heterocycles. The third-order valence-electron chi connectivity index (χ3n) is 3.79. The van der Waals surface area contributed by atoms with Gasteiger partial charge in [-0.05, 0) is 24.5 Å². The molecule has 0 amide bonds. The molecule has 0 atom stereocenters. The molecule has 20 heavy (non-hydrogen) atoms. The van der Waals surface area contributed by atoms with Gasteiger partial charge in [0.05, 0.1) is 5.75 Å². The van der Waals surface area contributed by atoms with Crippen molar-refractivity contribution in [3.05, 3.63) is 42.5 Å². The van der Waals surface area contributed by atoms with Gasteiger partial charge in [0.1, 0.15) is 0 Å². The number of nitrogens with zero attached hydrogens (tertiary/aromatic N) is 1. The lowest BCUT2D eigenvalue weighted by Crippen LogP contribution is -2.39. The first-order valence-electron chi connectivity index (χ1n) is 6.98. The number of sulfonamides is 1. The van der Waals surface area contributed by atoms with Crippen molar-refractivity contribution in [1.29, 1.82) is 0 Å². The highest BCUT2D eigenvalue weighted by molar-refractivity contribution is 7.88. The fourth-order valence-electron chi connectivity index (χ4n) is 2.75. The van der Waals surface area contributed by atoms with E-state index in [1.165, 1.54) is 0 Å². The van der Waals surface area contributed by atoms with Gasteiger partial charge in [0.25, 0.3) is 0 Å². The predicted octanol–water partition coefficient (Wildman–Crippen LogP) is 2.53. The van der Waals surface area contributed by atoms with Gasteiger partial charge in [-0.1, -0.05) is 37.1 Å². The second-order valence-electron chi connectivity index (χ2n) is 5.25. The molecule has 5 heteroatoms. The molecule has 1 aliphatic carbocycles. The molecule has 0 aliphatic heterocycles. The van der Waals surface area contributed by atoms with Crippen molar-refractivity contribution >= 4 is 15.7 Å². The summed E-state index contributed by atoms with van der Waals surface area (Å²) in [6.07, 6.45) is 5.74. The largest absolute Gasteiger partial charge is 0.398 e. The van der Waals surface area contributed by atoms with E-state index in [9.17, 15) is 8.42 Å². The Balaban J connectivity index is 2.22. The standard InChI is InChI=1S/C15H22N2O2S/c1-2-11-17(14-8-4-5-9-14)20(18,19)12-13-7-3-6-10-15(13)16/h2-3,6-7,10,14H,1,4-5,8-9,11-12,16H2. The number of benzene rings is 1. The summed E-state index contributed by atoms with van der Waals surface area (Å²) >= 11 is 0. The molecule has 4 nitrogen and oxygen atoms in total. The van der Waals surface area contributed by atoms with Crippen LogP contribution in [0.5, 0.6) is 0 Å². The number of anilines is 1. The molecule has 0 spiro atoms. The molecule has 0 radical (unpaired) electrons. The minimum atomic E-state index is -3.36. The summed E-state index contributed by atoms with van der Waals surface area (Å²) in [7, 11) is -3.36. The SMILES string of the molecule is C=CCN(C1CCCC1)S(=O)(=O)Cc1ccccc1N. The predicted molar refractivity (Wildman–Crippen MR) is 82.6 cm³/mol. The summed E-state index contributed by atoms with van der Waals surface area (Å²) in [5.74, 6) is -0.0377. The third-order valence-corrected chi connectivity index (χ3v) is 5.63. The summed E-state index contributed by atoms with van der Waals surface area (Å²) in [5, 5.41) is 0. The van der Waals surface area contributed by atoms with Crippen LogP contribution in [0.15, 0.2) is 36.9 Å². The van der Waals surface area contributed by atoms with Gasteiger partial charge in [0.15, 0.2) is 0 Å². The second kappa shape index (κ2) is 6.41. The maximum absolute atomic E-state index is 12.7. The van der Waals surface area contributed by atoms with Crippen molar-refractivity contribution in [1.82, 2.24) is 4.31 Å². The molecular weight excluding hydrogens is 272 g/mol. The van der Waals surface area contributed by atoms with Crippen LogP contribution in [0.3, 0.4) is 0 Å². The van der Waals surface area contributed by atoms with Crippen LogP contribution in [0.2, 0.25) is 0 Å². The van der Waals surface area contributed by atoms with Crippen LogP contribution in [-0.2, 0) is 15.8 Å². The first kappa shape index (κ1) is 15.1. The normalized spacial score (nSPS) is 16.6. The van der Waals surface area contributed by atoms with Gasteiger partial charge in [-0.15, -0.1) is 6.58 Å². The van der Waals surface area contributed by atoms with Crippen molar-refractivity contribution in [3.63, 3.8) is 0 Å². The molecule has 0 bridgehead atoms. The van der Waals surface area contributed by atoms with E-state index in [0.717, 1.165) is 25.7 Å². The van der Waals surface area contributed by atoms with Gasteiger partial charge >= 0.3 is 0 Å². The summed E-state index contributed by atoms with van der Waals surface area (Å²) in [5.41, 5.74) is 7.05. The monoisotopic (exact) mass is 294 g/mol. The van der Waals surface area contributed by atoms with Crippen LogP contribution in [0.1, 0.15) is 31.2 Å². The summed E-state index contributed by atoms with van der Waals surface area (Å²) in [6.45, 7) is 4.05. The van der Waals surface area contributed by atoms with Crippen LogP contribution < -0.4 is 5.73 Å². The van der Waals surface area contributed by atoms with E-state index in [0.29, 0.717) is 17.8 Å². The van der Waals surface area contributed by atoms with E-state index in [-0.39, 0.29) is 11.8 Å². The quantitative estimate of drug-likeness (QED) is 0.648. The Morgan fingerprint density at radius 1 is 1.30 bits per heavy atom. The zero-order valence-corrected chi connectivity index (χ0v) is 12.5. The molecule has 1 aromatic carbocycles. The van der Waals surface area contributed by atoms with E-state index in [1.54, 1.807) is 22.5 Å². The molecule has 1 aromatic rings. The van der Waals surface area contributed by atoms with Crippen molar-refractivity contribution in [3.8, 4) is 0 Å². The Morgan fingerprint density at radius 2 is 1.95 bits per heavy atom. The van der Waals surface area contributed by atoms with Gasteiger partial charge in [0.2, 0.25) is 10.0 Å². The first-order chi connectivity index (χ1) is 9.54. The Kier molecular flexibility index (Phi) is 4.83. The Hall–Kier alpha value is -1.33. The summed E-state index contributed by atoms with van der Waals surface area (Å²) in [4.78, 5) is 0. The van der Waals surface area contributed by atoms with E-state index < -0.39 is 10.0 Å². The highest BCUT2D eigenvalue weighted by Crippen LogP contribution is 2.27. The molecule has 2 rings (SSSR count). The van der Waals surface area contributed by atoms with Crippen molar-refractivity contribution in [2.24, 2.45) is 0 Å². The Bertz CT molecular complexity index is 563. The summed E-state index contributed by atoms with van der Waals surface area (Å²) in [6, 6.07) is 7.24. The molecule has 1 fully saturated rings. The Morgan fingerprint density at radius 3 is 2.55 bits per heavy atom. The number of nitrogen functional groups attached to an aromatic ring is 1. The van der Waals surface area contributed by atoms with Gasteiger partial charge in [-0.3, -0.25) is 0 Å². The highest BCUT2D eigenvalue weighted by atomic mass is 32.2. The van der Waals surface area contributed by atoms with Crippen LogP contribution >= 0.6 is 0 Å². The van der Waals surface area contributed by atoms with Crippen LogP contribution in [0, 0.1) is 0 Å². The lowest BCUT2D eigenvalue weighted by atomic mass is 10.2. The maximum atomic E-state index is 12.7. The second-order valence-corrected chi connectivity index (χ2v) is 7.17. The highest BCUT2D eigenvalue weighted by Gasteiger charge is 2.31. The fourth-order valence-corrected chi connectivity index (χ4v) is 4.57. The minimum absolute atomic E-state index is 0.0377. The molecule has 2 N–H and O–H groups in total. The number of hydrogen-bond acceptors (Lipinski definition) is 3. The number of para-hydroxylation sites is 1. The van der Waals surface area contributed by atoms with Gasteiger partial charge in [-0.2, -0.15) is 4.31 Å². The topological polar surface area (TPSA) is 63.4 Å². The van der Waals surface area contributed by atoms with Crippen LogP contribution in [0.4, 0.5) is 5.69 Å². The maximum Gasteiger partial charge on any atom is 0.218 e. The zero-order valence-electron chi connectivity index (χ0n) is 11.7. The van der Waals surface area contributed by atoms with E-state index >= 15 is 0 Å².